The Labute approximate surface area is 112 Å². The standard InChI is InChI=1S/C15H17NO3/c17-14(12-4-2-1-3-5-12)16-10-11-6-8-13(9-7-11)15(18)19/h1-2,6-9,12H,3-5,10H2,(H,16,17)(H,18,19)/t12-/m1/s1. The zero-order chi connectivity index (χ0) is 13.7. The zero-order valence-electron chi connectivity index (χ0n) is 10.6. The van der Waals surface area contributed by atoms with E-state index in [1.807, 2.05) is 0 Å². The second-order valence-corrected chi connectivity index (χ2v) is 4.70. The molecule has 0 unspecified atom stereocenters. The molecule has 0 fully saturated rings. The molecule has 0 aromatic heterocycles. The first kappa shape index (κ1) is 13.3. The van der Waals surface area contributed by atoms with Crippen LogP contribution < -0.4 is 5.32 Å². The molecule has 2 N–H and O–H groups in total. The minimum absolute atomic E-state index is 0.0725. The van der Waals surface area contributed by atoms with Crippen LogP contribution in [0, 0.1) is 5.92 Å². The summed E-state index contributed by atoms with van der Waals surface area (Å²) in [5, 5.41) is 11.7. The summed E-state index contributed by atoms with van der Waals surface area (Å²) in [6.45, 7) is 0.443. The summed E-state index contributed by atoms with van der Waals surface area (Å²) in [5.41, 5.74) is 1.16. The van der Waals surface area contributed by atoms with E-state index in [9.17, 15) is 9.59 Å². The lowest BCUT2D eigenvalue weighted by Crippen LogP contribution is -2.30. The summed E-state index contributed by atoms with van der Waals surface area (Å²) < 4.78 is 0. The first-order valence-corrected chi connectivity index (χ1v) is 6.42. The average molecular weight is 259 g/mol. The van der Waals surface area contributed by atoms with Crippen molar-refractivity contribution in [3.8, 4) is 0 Å². The van der Waals surface area contributed by atoms with Crippen molar-refractivity contribution in [3.05, 3.63) is 47.5 Å². The Kier molecular flexibility index (Phi) is 4.34. The molecule has 100 valence electrons. The van der Waals surface area contributed by atoms with Gasteiger partial charge in [0.2, 0.25) is 5.91 Å². The van der Waals surface area contributed by atoms with Gasteiger partial charge in [-0.2, -0.15) is 0 Å². The largest absolute Gasteiger partial charge is 0.478 e. The number of hydrogen-bond acceptors (Lipinski definition) is 2. The van der Waals surface area contributed by atoms with Crippen molar-refractivity contribution in [1.29, 1.82) is 0 Å². The van der Waals surface area contributed by atoms with E-state index in [-0.39, 0.29) is 17.4 Å². The van der Waals surface area contributed by atoms with Gasteiger partial charge in [0.1, 0.15) is 0 Å². The molecule has 1 amide bonds. The van der Waals surface area contributed by atoms with E-state index in [4.69, 9.17) is 5.11 Å². The Morgan fingerprint density at radius 1 is 1.21 bits per heavy atom. The summed E-state index contributed by atoms with van der Waals surface area (Å²) in [7, 11) is 0. The van der Waals surface area contributed by atoms with Gasteiger partial charge in [-0.15, -0.1) is 0 Å². The van der Waals surface area contributed by atoms with Crippen molar-refractivity contribution in [2.24, 2.45) is 5.92 Å². The van der Waals surface area contributed by atoms with Crippen molar-refractivity contribution < 1.29 is 14.7 Å². The smallest absolute Gasteiger partial charge is 0.335 e. The number of aromatic carboxylic acids is 1. The van der Waals surface area contributed by atoms with Crippen molar-refractivity contribution in [1.82, 2.24) is 5.32 Å². The van der Waals surface area contributed by atoms with E-state index >= 15 is 0 Å². The lowest BCUT2D eigenvalue weighted by molar-refractivity contribution is -0.125. The van der Waals surface area contributed by atoms with Crippen molar-refractivity contribution in [2.75, 3.05) is 0 Å². The van der Waals surface area contributed by atoms with Crippen LogP contribution in [0.5, 0.6) is 0 Å². The minimum Gasteiger partial charge on any atom is -0.478 e. The van der Waals surface area contributed by atoms with Gasteiger partial charge in [0.05, 0.1) is 5.56 Å². The fourth-order valence-corrected chi connectivity index (χ4v) is 2.13. The molecule has 1 aliphatic rings. The number of nitrogens with one attached hydrogen (secondary N) is 1. The minimum atomic E-state index is -0.940. The molecule has 4 nitrogen and oxygen atoms in total. The SMILES string of the molecule is O=C(O)c1ccc(CNC(=O)[C@@H]2CC=CCC2)cc1. The van der Waals surface area contributed by atoms with E-state index in [0.717, 1.165) is 24.8 Å². The lowest BCUT2D eigenvalue weighted by atomic mass is 9.93. The fraction of sp³-hybridized carbons (Fsp3) is 0.333. The second kappa shape index (κ2) is 6.18. The summed E-state index contributed by atoms with van der Waals surface area (Å²) >= 11 is 0. The van der Waals surface area contributed by atoms with Crippen LogP contribution >= 0.6 is 0 Å². The van der Waals surface area contributed by atoms with Gasteiger partial charge in [-0.25, -0.2) is 4.79 Å². The Hall–Kier alpha value is -2.10. The van der Waals surface area contributed by atoms with E-state index in [2.05, 4.69) is 17.5 Å². The number of carboxylic acid groups (broad SMARTS) is 1. The molecule has 1 aromatic carbocycles. The second-order valence-electron chi connectivity index (χ2n) is 4.70. The van der Waals surface area contributed by atoms with Crippen LogP contribution in [0.2, 0.25) is 0 Å². The van der Waals surface area contributed by atoms with Crippen molar-refractivity contribution >= 4 is 11.9 Å². The number of allylic oxidation sites excluding steroid dienone is 2. The number of benzene rings is 1. The predicted molar refractivity (Wildman–Crippen MR) is 71.7 cm³/mol. The number of carbonyl (C=O) groups is 2. The van der Waals surface area contributed by atoms with Gasteiger partial charge >= 0.3 is 5.97 Å². The highest BCUT2D eigenvalue weighted by Gasteiger charge is 2.17. The van der Waals surface area contributed by atoms with Gasteiger partial charge in [-0.3, -0.25) is 4.79 Å². The van der Waals surface area contributed by atoms with Crippen LogP contribution in [0.1, 0.15) is 35.2 Å². The quantitative estimate of drug-likeness (QED) is 0.816. The summed E-state index contributed by atoms with van der Waals surface area (Å²) in [6, 6.07) is 6.55. The molecule has 0 saturated carbocycles. The van der Waals surface area contributed by atoms with Crippen LogP contribution in [-0.2, 0) is 11.3 Å². The third-order valence-electron chi connectivity index (χ3n) is 3.31. The summed E-state index contributed by atoms with van der Waals surface area (Å²) in [5.74, 6) is -0.792. The Bertz CT molecular complexity index is 491. The molecule has 19 heavy (non-hydrogen) atoms. The van der Waals surface area contributed by atoms with Gasteiger partial charge in [0.25, 0.3) is 0 Å². The maximum atomic E-state index is 11.9. The molecule has 0 bridgehead atoms. The van der Waals surface area contributed by atoms with E-state index in [1.54, 1.807) is 24.3 Å². The first-order valence-electron chi connectivity index (χ1n) is 6.42. The highest BCUT2D eigenvalue weighted by Crippen LogP contribution is 2.18. The van der Waals surface area contributed by atoms with Crippen LogP contribution in [0.4, 0.5) is 0 Å². The Morgan fingerprint density at radius 3 is 2.53 bits per heavy atom. The molecule has 0 saturated heterocycles. The Morgan fingerprint density at radius 2 is 1.95 bits per heavy atom. The Balaban J connectivity index is 1.86. The first-order chi connectivity index (χ1) is 9.16. The van der Waals surface area contributed by atoms with E-state index < -0.39 is 5.97 Å². The molecule has 0 spiro atoms. The summed E-state index contributed by atoms with van der Waals surface area (Å²) in [6.07, 6.45) is 6.83. The maximum Gasteiger partial charge on any atom is 0.335 e. The molecule has 1 aromatic rings. The number of carboxylic acids is 1. The molecular weight excluding hydrogens is 242 g/mol. The molecule has 2 rings (SSSR count). The van der Waals surface area contributed by atoms with Crippen LogP contribution in [0.15, 0.2) is 36.4 Å². The van der Waals surface area contributed by atoms with Gasteiger partial charge in [0.15, 0.2) is 0 Å². The monoisotopic (exact) mass is 259 g/mol. The fourth-order valence-electron chi connectivity index (χ4n) is 2.13. The van der Waals surface area contributed by atoms with Gasteiger partial charge in [-0.1, -0.05) is 24.3 Å². The number of amides is 1. The molecule has 0 aliphatic heterocycles. The van der Waals surface area contributed by atoms with Crippen molar-refractivity contribution in [2.45, 2.75) is 25.8 Å². The normalized spacial score (nSPS) is 18.0. The topological polar surface area (TPSA) is 66.4 Å². The maximum absolute atomic E-state index is 11.9. The molecule has 4 heteroatoms. The van der Waals surface area contributed by atoms with E-state index in [1.165, 1.54) is 0 Å². The molecular formula is C15H17NO3. The van der Waals surface area contributed by atoms with Crippen LogP contribution in [0.25, 0.3) is 0 Å². The lowest BCUT2D eigenvalue weighted by Gasteiger charge is -2.17. The zero-order valence-corrected chi connectivity index (χ0v) is 10.6. The van der Waals surface area contributed by atoms with Gasteiger partial charge in [-0.05, 0) is 37.0 Å². The van der Waals surface area contributed by atoms with E-state index in [0.29, 0.717) is 6.54 Å². The highest BCUT2D eigenvalue weighted by molar-refractivity contribution is 5.87. The molecule has 0 radical (unpaired) electrons. The third kappa shape index (κ3) is 3.68. The highest BCUT2D eigenvalue weighted by atomic mass is 16.4. The van der Waals surface area contributed by atoms with Crippen LogP contribution in [-0.4, -0.2) is 17.0 Å². The van der Waals surface area contributed by atoms with Gasteiger partial charge < -0.3 is 10.4 Å². The predicted octanol–water partition coefficient (Wildman–Crippen LogP) is 2.36. The van der Waals surface area contributed by atoms with Crippen molar-refractivity contribution in [3.63, 3.8) is 0 Å². The van der Waals surface area contributed by atoms with Gasteiger partial charge in [0, 0.05) is 12.5 Å². The number of carbonyl (C=O) groups excluding carboxylic acids is 1. The average Bonchev–Trinajstić information content (AvgIpc) is 2.46. The summed E-state index contributed by atoms with van der Waals surface area (Å²) in [4.78, 5) is 22.6. The number of rotatable bonds is 4. The number of hydrogen-bond donors (Lipinski definition) is 2. The molecule has 0 heterocycles. The van der Waals surface area contributed by atoms with Crippen LogP contribution in [0.3, 0.4) is 0 Å². The molecule has 1 aliphatic carbocycles. The molecule has 1 atom stereocenters. The third-order valence-corrected chi connectivity index (χ3v) is 3.31.